The highest BCUT2D eigenvalue weighted by Gasteiger charge is 2.30. The third-order valence-electron chi connectivity index (χ3n) is 7.79. The molecule has 9 nitrogen and oxygen atoms in total. The Hall–Kier alpha value is -3.43. The van der Waals surface area contributed by atoms with Crippen LogP contribution in [-0.4, -0.2) is 72.3 Å². The van der Waals surface area contributed by atoms with Crippen LogP contribution in [0.5, 0.6) is 0 Å². The van der Waals surface area contributed by atoms with Gasteiger partial charge in [0.25, 0.3) is 0 Å². The van der Waals surface area contributed by atoms with Gasteiger partial charge in [-0.25, -0.2) is 9.78 Å². The molecule has 1 aromatic carbocycles. The number of ether oxygens (including phenoxy) is 2. The molecule has 2 fully saturated rings. The summed E-state index contributed by atoms with van der Waals surface area (Å²) in [5.74, 6) is -0.904. The van der Waals surface area contributed by atoms with E-state index in [1.807, 2.05) is 35.0 Å². The molecule has 0 aliphatic carbocycles. The number of pyridine rings is 1. The van der Waals surface area contributed by atoms with E-state index in [1.54, 1.807) is 0 Å². The van der Waals surface area contributed by atoms with E-state index in [0.717, 1.165) is 49.1 Å². The number of hydrogen-bond donors (Lipinski definition) is 2. The summed E-state index contributed by atoms with van der Waals surface area (Å²) in [5.41, 5.74) is 3.45. The van der Waals surface area contributed by atoms with E-state index in [2.05, 4.69) is 34.6 Å². The van der Waals surface area contributed by atoms with Gasteiger partial charge in [0.1, 0.15) is 5.65 Å². The van der Waals surface area contributed by atoms with Gasteiger partial charge in [0.05, 0.1) is 37.2 Å². The summed E-state index contributed by atoms with van der Waals surface area (Å²) in [4.78, 5) is 33.7. The quantitative estimate of drug-likeness (QED) is 0.375. The highest BCUT2D eigenvalue weighted by Crippen LogP contribution is 2.34. The first-order chi connectivity index (χ1) is 19.1. The summed E-state index contributed by atoms with van der Waals surface area (Å²) in [5, 5.41) is 7.44. The Balaban J connectivity index is 1.48. The standard InChI is InChI=1S/C30H39N5O4/c1-3-13-34-14-10-23(11-15-34)32-24-18-25-26(33-29(36)22-12-17-39-20-22)27(30(37)38-2)35(28(25)31-19-24)16-9-21-7-5-4-6-8-21/h4-8,18-19,22-23,32H,3,9-17,20H2,1-2H3,(H,33,36)/t22-/m1/s1. The number of aromatic nitrogens is 2. The van der Waals surface area contributed by atoms with Gasteiger partial charge in [-0.3, -0.25) is 4.79 Å². The Labute approximate surface area is 229 Å². The minimum atomic E-state index is -0.503. The van der Waals surface area contributed by atoms with Gasteiger partial charge in [-0.1, -0.05) is 37.3 Å². The lowest BCUT2D eigenvalue weighted by molar-refractivity contribution is -0.119. The van der Waals surface area contributed by atoms with E-state index in [1.165, 1.54) is 13.5 Å². The van der Waals surface area contributed by atoms with Crippen LogP contribution in [0.25, 0.3) is 11.0 Å². The lowest BCUT2D eigenvalue weighted by atomic mass is 10.0. The van der Waals surface area contributed by atoms with Crippen molar-refractivity contribution < 1.29 is 19.1 Å². The number of hydrogen-bond acceptors (Lipinski definition) is 7. The average Bonchev–Trinajstić information content (AvgIpc) is 3.60. The number of methoxy groups -OCH3 is 1. The number of aryl methyl sites for hydroxylation is 2. The van der Waals surface area contributed by atoms with Gasteiger partial charge in [-0.15, -0.1) is 0 Å². The summed E-state index contributed by atoms with van der Waals surface area (Å²) in [6.07, 6.45) is 6.50. The van der Waals surface area contributed by atoms with Crippen LogP contribution in [0, 0.1) is 5.92 Å². The molecule has 2 N–H and O–H groups in total. The maximum atomic E-state index is 13.2. The fraction of sp³-hybridized carbons (Fsp3) is 0.500. The molecule has 0 unspecified atom stereocenters. The molecule has 9 heteroatoms. The van der Waals surface area contributed by atoms with Crippen molar-refractivity contribution in [2.45, 2.75) is 51.6 Å². The number of benzene rings is 1. The van der Waals surface area contributed by atoms with E-state index in [-0.39, 0.29) is 11.8 Å². The lowest BCUT2D eigenvalue weighted by Gasteiger charge is -2.32. The second kappa shape index (κ2) is 12.6. The molecule has 2 saturated heterocycles. The molecule has 0 radical (unpaired) electrons. The fourth-order valence-electron chi connectivity index (χ4n) is 5.66. The van der Waals surface area contributed by atoms with Crippen molar-refractivity contribution in [3.05, 3.63) is 53.9 Å². The maximum absolute atomic E-state index is 13.2. The van der Waals surface area contributed by atoms with Crippen molar-refractivity contribution >= 4 is 34.3 Å². The monoisotopic (exact) mass is 533 g/mol. The average molecular weight is 534 g/mol. The van der Waals surface area contributed by atoms with Gasteiger partial charge in [0.15, 0.2) is 5.69 Å². The number of nitrogens with zero attached hydrogens (tertiary/aromatic N) is 3. The number of anilines is 2. The minimum Gasteiger partial charge on any atom is -0.464 e. The van der Waals surface area contributed by atoms with Crippen molar-refractivity contribution in [1.29, 1.82) is 0 Å². The molecular formula is C30H39N5O4. The lowest BCUT2D eigenvalue weighted by Crippen LogP contribution is -2.39. The SMILES string of the molecule is CCCN1CCC(Nc2cnc3c(c2)c(NC(=O)[C@@H]2CCOC2)c(C(=O)OC)n3CCc2ccccc2)CC1. The van der Waals surface area contributed by atoms with Crippen LogP contribution in [0.15, 0.2) is 42.6 Å². The van der Waals surface area contributed by atoms with Gasteiger partial charge in [-0.05, 0) is 50.3 Å². The molecule has 5 rings (SSSR count). The van der Waals surface area contributed by atoms with Crippen molar-refractivity contribution in [1.82, 2.24) is 14.5 Å². The van der Waals surface area contributed by atoms with Gasteiger partial charge >= 0.3 is 5.97 Å². The number of nitrogens with one attached hydrogen (secondary N) is 2. The first-order valence-electron chi connectivity index (χ1n) is 14.1. The van der Waals surface area contributed by atoms with E-state index < -0.39 is 5.97 Å². The number of esters is 1. The number of carbonyl (C=O) groups excluding carboxylic acids is 2. The van der Waals surface area contributed by atoms with Crippen molar-refractivity contribution in [3.63, 3.8) is 0 Å². The Morgan fingerprint density at radius 1 is 1.13 bits per heavy atom. The predicted octanol–water partition coefficient (Wildman–Crippen LogP) is 4.33. The zero-order chi connectivity index (χ0) is 27.2. The molecule has 0 bridgehead atoms. The molecule has 0 spiro atoms. The fourth-order valence-corrected chi connectivity index (χ4v) is 5.66. The summed E-state index contributed by atoms with van der Waals surface area (Å²) in [7, 11) is 1.36. The largest absolute Gasteiger partial charge is 0.464 e. The van der Waals surface area contributed by atoms with Crippen molar-refractivity contribution in [2.24, 2.45) is 5.92 Å². The Bertz CT molecular complexity index is 1280. The molecule has 0 saturated carbocycles. The predicted molar refractivity (Wildman–Crippen MR) is 152 cm³/mol. The highest BCUT2D eigenvalue weighted by atomic mass is 16.5. The van der Waals surface area contributed by atoms with Crippen LogP contribution in [0.1, 0.15) is 48.7 Å². The normalized spacial score (nSPS) is 18.4. The summed E-state index contributed by atoms with van der Waals surface area (Å²) in [6, 6.07) is 12.5. The van der Waals surface area contributed by atoms with Crippen molar-refractivity contribution in [2.75, 3.05) is 50.6 Å². The van der Waals surface area contributed by atoms with Crippen molar-refractivity contribution in [3.8, 4) is 0 Å². The van der Waals surface area contributed by atoms with E-state index in [4.69, 9.17) is 14.5 Å². The van der Waals surface area contributed by atoms with Crippen LogP contribution < -0.4 is 10.6 Å². The summed E-state index contributed by atoms with van der Waals surface area (Å²) < 4.78 is 12.5. The van der Waals surface area contributed by atoms with Gasteiger partial charge in [0.2, 0.25) is 5.91 Å². The summed E-state index contributed by atoms with van der Waals surface area (Å²) >= 11 is 0. The van der Waals surface area contributed by atoms with E-state index in [0.29, 0.717) is 55.7 Å². The molecule has 1 amide bonds. The van der Waals surface area contributed by atoms with E-state index >= 15 is 0 Å². The number of rotatable bonds is 10. The van der Waals surface area contributed by atoms with Gasteiger partial charge < -0.3 is 29.6 Å². The zero-order valence-corrected chi connectivity index (χ0v) is 22.9. The van der Waals surface area contributed by atoms with Crippen LogP contribution >= 0.6 is 0 Å². The zero-order valence-electron chi connectivity index (χ0n) is 22.9. The molecule has 208 valence electrons. The molecule has 39 heavy (non-hydrogen) atoms. The molecule has 4 heterocycles. The topological polar surface area (TPSA) is 97.7 Å². The molecular weight excluding hydrogens is 494 g/mol. The summed E-state index contributed by atoms with van der Waals surface area (Å²) in [6.45, 7) is 6.98. The van der Waals surface area contributed by atoms with Crippen LogP contribution in [0.3, 0.4) is 0 Å². The number of carbonyl (C=O) groups is 2. The molecule has 3 aromatic rings. The number of piperidine rings is 1. The molecule has 2 aliphatic rings. The maximum Gasteiger partial charge on any atom is 0.356 e. The van der Waals surface area contributed by atoms with Crippen LogP contribution in [0.2, 0.25) is 0 Å². The van der Waals surface area contributed by atoms with Gasteiger partial charge in [-0.2, -0.15) is 0 Å². The third kappa shape index (κ3) is 6.25. The second-order valence-corrected chi connectivity index (χ2v) is 10.5. The highest BCUT2D eigenvalue weighted by molar-refractivity contribution is 6.11. The van der Waals surface area contributed by atoms with E-state index in [9.17, 15) is 9.59 Å². The first kappa shape index (κ1) is 27.1. The Morgan fingerprint density at radius 2 is 1.92 bits per heavy atom. The first-order valence-corrected chi connectivity index (χ1v) is 14.1. The molecule has 2 aliphatic heterocycles. The Kier molecular flexibility index (Phi) is 8.78. The smallest absolute Gasteiger partial charge is 0.356 e. The number of amides is 1. The van der Waals surface area contributed by atoms with Gasteiger partial charge in [0, 0.05) is 37.7 Å². The Morgan fingerprint density at radius 3 is 2.62 bits per heavy atom. The second-order valence-electron chi connectivity index (χ2n) is 10.5. The molecule has 1 atom stereocenters. The minimum absolute atomic E-state index is 0.151. The number of fused-ring (bicyclic) bond motifs is 1. The number of likely N-dealkylation sites (tertiary alicyclic amines) is 1. The van der Waals surface area contributed by atoms with Crippen LogP contribution in [-0.2, 0) is 27.2 Å². The molecule has 2 aromatic heterocycles. The third-order valence-corrected chi connectivity index (χ3v) is 7.79. The van der Waals surface area contributed by atoms with Crippen LogP contribution in [0.4, 0.5) is 11.4 Å².